The summed E-state index contributed by atoms with van der Waals surface area (Å²) in [4.78, 5) is 22.4. The molecule has 0 aliphatic heterocycles. The maximum atomic E-state index is 11.2. The Labute approximate surface area is 159 Å². The number of allylic oxidation sites excluding steroid dienone is 2. The van der Waals surface area contributed by atoms with Crippen LogP contribution in [0.5, 0.6) is 0 Å². The van der Waals surface area contributed by atoms with Crippen molar-refractivity contribution < 1.29 is 19.8 Å². The van der Waals surface area contributed by atoms with Gasteiger partial charge in [-0.15, -0.1) is 0 Å². The number of carbonyl (C=O) groups is 2. The van der Waals surface area contributed by atoms with E-state index in [0.717, 1.165) is 51.4 Å². The summed E-state index contributed by atoms with van der Waals surface area (Å²) in [6.07, 6.45) is 12.7. The van der Waals surface area contributed by atoms with Crippen LogP contribution >= 0.6 is 0 Å². The first kappa shape index (κ1) is 22.7. The summed E-state index contributed by atoms with van der Waals surface area (Å²) in [6, 6.07) is 0. The van der Waals surface area contributed by atoms with Gasteiger partial charge in [-0.05, 0) is 91.9 Å². The van der Waals surface area contributed by atoms with Gasteiger partial charge in [-0.3, -0.25) is 9.59 Å². The molecule has 0 amide bonds. The predicted octanol–water partition coefficient (Wildman–Crippen LogP) is 6.20. The van der Waals surface area contributed by atoms with E-state index in [1.54, 1.807) is 38.8 Å². The van der Waals surface area contributed by atoms with E-state index < -0.39 is 22.8 Å². The number of aliphatic carboxylic acids is 2. The van der Waals surface area contributed by atoms with Crippen LogP contribution in [0.25, 0.3) is 0 Å². The number of rotatable bonds is 12. The van der Waals surface area contributed by atoms with Crippen LogP contribution in [0.15, 0.2) is 11.1 Å². The van der Waals surface area contributed by atoms with Crippen LogP contribution in [0.1, 0.15) is 105 Å². The molecule has 0 atom stereocenters. The number of hydrogen-bond acceptors (Lipinski definition) is 2. The highest BCUT2D eigenvalue weighted by Crippen LogP contribution is 2.33. The highest BCUT2D eigenvalue weighted by molar-refractivity contribution is 5.73. The monoisotopic (exact) mass is 366 g/mol. The quantitative estimate of drug-likeness (QED) is 0.318. The summed E-state index contributed by atoms with van der Waals surface area (Å²) in [7, 11) is 0. The van der Waals surface area contributed by atoms with Gasteiger partial charge in [-0.1, -0.05) is 24.0 Å². The Balaban J connectivity index is 2.42. The minimum atomic E-state index is -0.709. The molecule has 0 bridgehead atoms. The van der Waals surface area contributed by atoms with Gasteiger partial charge in [-0.25, -0.2) is 0 Å². The Morgan fingerprint density at radius 2 is 1.08 bits per heavy atom. The molecule has 1 aliphatic carbocycles. The molecule has 0 heterocycles. The molecule has 0 aromatic carbocycles. The summed E-state index contributed by atoms with van der Waals surface area (Å²) >= 11 is 0. The Kier molecular flexibility index (Phi) is 8.85. The van der Waals surface area contributed by atoms with Crippen molar-refractivity contribution in [1.29, 1.82) is 0 Å². The van der Waals surface area contributed by atoms with Gasteiger partial charge in [0.2, 0.25) is 0 Å². The maximum Gasteiger partial charge on any atom is 0.309 e. The van der Waals surface area contributed by atoms with Crippen molar-refractivity contribution in [2.24, 2.45) is 10.8 Å². The molecular formula is C22H38O4. The lowest BCUT2D eigenvalue weighted by molar-refractivity contribution is -0.148. The first-order valence-corrected chi connectivity index (χ1v) is 10.2. The number of carboxylic acids is 2. The molecule has 26 heavy (non-hydrogen) atoms. The van der Waals surface area contributed by atoms with Crippen molar-refractivity contribution in [2.45, 2.75) is 105 Å². The van der Waals surface area contributed by atoms with Gasteiger partial charge in [0, 0.05) is 0 Å². The van der Waals surface area contributed by atoms with Gasteiger partial charge in [0.15, 0.2) is 0 Å². The molecule has 4 nitrogen and oxygen atoms in total. The zero-order chi connectivity index (χ0) is 19.8. The maximum absolute atomic E-state index is 11.2. The highest BCUT2D eigenvalue weighted by atomic mass is 16.4. The first-order chi connectivity index (χ1) is 12.1. The summed E-state index contributed by atoms with van der Waals surface area (Å²) in [5, 5.41) is 18.4. The summed E-state index contributed by atoms with van der Waals surface area (Å²) in [5.41, 5.74) is 1.95. The van der Waals surface area contributed by atoms with Gasteiger partial charge in [0.1, 0.15) is 0 Å². The smallest absolute Gasteiger partial charge is 0.309 e. The largest absolute Gasteiger partial charge is 0.481 e. The Morgan fingerprint density at radius 3 is 1.38 bits per heavy atom. The van der Waals surface area contributed by atoms with Gasteiger partial charge in [-0.2, -0.15) is 0 Å². The van der Waals surface area contributed by atoms with E-state index in [0.29, 0.717) is 0 Å². The normalized spacial score (nSPS) is 16.0. The number of carboxylic acid groups (broad SMARTS) is 2. The SMILES string of the molecule is CC(C)(CCCCC1=C(CCCCC(C)(C)C(=O)O)CCCC1)C(=O)O. The zero-order valence-corrected chi connectivity index (χ0v) is 17.2. The Hall–Kier alpha value is -1.32. The average Bonchev–Trinajstić information content (AvgIpc) is 2.56. The standard InChI is InChI=1S/C22H38O4/c1-21(2,19(23)24)15-9-7-13-17-11-5-6-12-18(17)14-8-10-16-22(3,4)20(25)26/h5-16H2,1-4H3,(H,23,24)(H,25,26). The first-order valence-electron chi connectivity index (χ1n) is 10.2. The van der Waals surface area contributed by atoms with E-state index in [9.17, 15) is 19.8 Å². The Morgan fingerprint density at radius 1 is 0.731 bits per heavy atom. The minimum absolute atomic E-state index is 0.624. The van der Waals surface area contributed by atoms with Crippen LogP contribution in [0.4, 0.5) is 0 Å². The molecule has 150 valence electrons. The molecule has 4 heteroatoms. The number of unbranched alkanes of at least 4 members (excludes halogenated alkanes) is 2. The molecule has 0 saturated heterocycles. The fourth-order valence-electron chi connectivity index (χ4n) is 3.66. The van der Waals surface area contributed by atoms with Gasteiger partial charge in [0.05, 0.1) is 10.8 Å². The molecule has 0 unspecified atom stereocenters. The van der Waals surface area contributed by atoms with Crippen molar-refractivity contribution in [1.82, 2.24) is 0 Å². The predicted molar refractivity (Wildman–Crippen MR) is 105 cm³/mol. The number of hydrogen-bond donors (Lipinski definition) is 2. The molecule has 0 aromatic rings. The third-order valence-corrected chi connectivity index (χ3v) is 5.93. The van der Waals surface area contributed by atoms with Crippen molar-refractivity contribution in [2.75, 3.05) is 0 Å². The van der Waals surface area contributed by atoms with E-state index >= 15 is 0 Å². The van der Waals surface area contributed by atoms with E-state index in [-0.39, 0.29) is 0 Å². The van der Waals surface area contributed by atoms with Crippen molar-refractivity contribution >= 4 is 11.9 Å². The van der Waals surface area contributed by atoms with Crippen LogP contribution in [0.2, 0.25) is 0 Å². The molecule has 0 aromatic heterocycles. The second-order valence-corrected chi connectivity index (χ2v) is 9.21. The second-order valence-electron chi connectivity index (χ2n) is 9.21. The molecule has 0 spiro atoms. The van der Waals surface area contributed by atoms with Crippen LogP contribution in [0, 0.1) is 10.8 Å². The third-order valence-electron chi connectivity index (χ3n) is 5.93. The molecular weight excluding hydrogens is 328 g/mol. The zero-order valence-electron chi connectivity index (χ0n) is 17.2. The minimum Gasteiger partial charge on any atom is -0.481 e. The van der Waals surface area contributed by atoms with Crippen LogP contribution in [0.3, 0.4) is 0 Å². The van der Waals surface area contributed by atoms with E-state index in [2.05, 4.69) is 0 Å². The summed E-state index contributed by atoms with van der Waals surface area (Å²) in [6.45, 7) is 7.22. The average molecular weight is 367 g/mol. The van der Waals surface area contributed by atoms with Crippen LogP contribution in [-0.4, -0.2) is 22.2 Å². The molecule has 0 fully saturated rings. The van der Waals surface area contributed by atoms with Gasteiger partial charge >= 0.3 is 11.9 Å². The molecule has 2 N–H and O–H groups in total. The lowest BCUT2D eigenvalue weighted by Gasteiger charge is -2.23. The Bertz CT molecular complexity index is 468. The fourth-order valence-corrected chi connectivity index (χ4v) is 3.66. The molecule has 1 rings (SSSR count). The third kappa shape index (κ3) is 7.51. The van der Waals surface area contributed by atoms with E-state index in [1.807, 2.05) is 0 Å². The second kappa shape index (κ2) is 10.1. The van der Waals surface area contributed by atoms with E-state index in [4.69, 9.17) is 0 Å². The van der Waals surface area contributed by atoms with Gasteiger partial charge < -0.3 is 10.2 Å². The lowest BCUT2D eigenvalue weighted by atomic mass is 9.83. The topological polar surface area (TPSA) is 74.6 Å². The molecule has 0 saturated carbocycles. The summed E-state index contributed by atoms with van der Waals surface area (Å²) < 4.78 is 0. The fraction of sp³-hybridized carbons (Fsp3) is 0.818. The highest BCUT2D eigenvalue weighted by Gasteiger charge is 2.27. The van der Waals surface area contributed by atoms with E-state index in [1.165, 1.54) is 25.7 Å². The molecule has 0 radical (unpaired) electrons. The lowest BCUT2D eigenvalue weighted by Crippen LogP contribution is -2.23. The van der Waals surface area contributed by atoms with Crippen molar-refractivity contribution in [3.05, 3.63) is 11.1 Å². The van der Waals surface area contributed by atoms with Crippen LogP contribution in [-0.2, 0) is 9.59 Å². The summed E-state index contributed by atoms with van der Waals surface area (Å²) in [5.74, 6) is -1.42. The van der Waals surface area contributed by atoms with Gasteiger partial charge in [0.25, 0.3) is 0 Å². The van der Waals surface area contributed by atoms with Crippen molar-refractivity contribution in [3.63, 3.8) is 0 Å². The molecule has 1 aliphatic rings. The van der Waals surface area contributed by atoms with Crippen molar-refractivity contribution in [3.8, 4) is 0 Å². The van der Waals surface area contributed by atoms with Crippen LogP contribution < -0.4 is 0 Å².